The van der Waals surface area contributed by atoms with Gasteiger partial charge in [0.15, 0.2) is 17.7 Å². The Morgan fingerprint density at radius 1 is 1.33 bits per heavy atom. The Labute approximate surface area is 192 Å². The van der Waals surface area contributed by atoms with Crippen molar-refractivity contribution in [2.45, 2.75) is 64.7 Å². The minimum atomic E-state index is -1.24. The fraction of sp³-hybridized carbons (Fsp3) is 0.609. The molecule has 3 amide bonds. The van der Waals surface area contributed by atoms with E-state index < -0.39 is 41.5 Å². The van der Waals surface area contributed by atoms with Crippen LogP contribution in [-0.2, 0) is 19.1 Å². The summed E-state index contributed by atoms with van der Waals surface area (Å²) in [5, 5.41) is 5.34. The zero-order chi connectivity index (χ0) is 24.4. The maximum Gasteiger partial charge on any atom is 0.405 e. The molecule has 9 nitrogen and oxygen atoms in total. The van der Waals surface area contributed by atoms with Crippen LogP contribution in [0.4, 0.5) is 14.9 Å². The molecule has 1 unspecified atom stereocenters. The van der Waals surface area contributed by atoms with Crippen LogP contribution in [0, 0.1) is 17.2 Å². The number of halogens is 1. The summed E-state index contributed by atoms with van der Waals surface area (Å²) in [6.45, 7) is 8.49. The molecule has 0 bridgehead atoms. The molecule has 1 spiro atoms. The number of rotatable bonds is 5. The minimum Gasteiger partial charge on any atom is -0.479 e. The van der Waals surface area contributed by atoms with Crippen LogP contribution < -0.4 is 21.1 Å². The number of nitrogens with two attached hydrogens (primary N) is 1. The third kappa shape index (κ3) is 5.55. The van der Waals surface area contributed by atoms with E-state index in [0.717, 1.165) is 0 Å². The maximum atomic E-state index is 14.6. The molecule has 10 heteroatoms. The maximum absolute atomic E-state index is 14.6. The summed E-state index contributed by atoms with van der Waals surface area (Å²) in [5.41, 5.74) is 3.98. The Morgan fingerprint density at radius 2 is 2.00 bits per heavy atom. The first-order chi connectivity index (χ1) is 15.4. The van der Waals surface area contributed by atoms with Crippen molar-refractivity contribution in [3.8, 4) is 5.75 Å². The summed E-state index contributed by atoms with van der Waals surface area (Å²) in [6, 6.07) is 3.04. The molecule has 3 rings (SSSR count). The van der Waals surface area contributed by atoms with Crippen molar-refractivity contribution in [3.63, 3.8) is 0 Å². The van der Waals surface area contributed by atoms with Crippen LogP contribution >= 0.6 is 0 Å². The smallest absolute Gasteiger partial charge is 0.405 e. The van der Waals surface area contributed by atoms with E-state index in [1.54, 1.807) is 0 Å². The summed E-state index contributed by atoms with van der Waals surface area (Å²) in [4.78, 5) is 38.0. The molecule has 0 saturated carbocycles. The van der Waals surface area contributed by atoms with Crippen molar-refractivity contribution >= 4 is 23.6 Å². The van der Waals surface area contributed by atoms with Crippen LogP contribution in [-0.4, -0.2) is 48.9 Å². The van der Waals surface area contributed by atoms with Crippen molar-refractivity contribution in [1.29, 1.82) is 0 Å². The van der Waals surface area contributed by atoms with Gasteiger partial charge in [-0.2, -0.15) is 0 Å². The number of carbonyl (C=O) groups is 3. The van der Waals surface area contributed by atoms with Crippen LogP contribution in [0.15, 0.2) is 18.2 Å². The molecule has 33 heavy (non-hydrogen) atoms. The molecule has 2 heterocycles. The summed E-state index contributed by atoms with van der Waals surface area (Å²) in [7, 11) is 0. The Kier molecular flexibility index (Phi) is 7.16. The number of ether oxygens (including phenoxy) is 3. The molecule has 2 aliphatic heterocycles. The van der Waals surface area contributed by atoms with E-state index in [-0.39, 0.29) is 55.2 Å². The van der Waals surface area contributed by atoms with Gasteiger partial charge in [-0.1, -0.05) is 33.8 Å². The molecule has 1 saturated heterocycles. The Balaban J connectivity index is 1.91. The van der Waals surface area contributed by atoms with Crippen molar-refractivity contribution in [1.82, 2.24) is 5.32 Å². The average molecular weight is 466 g/mol. The van der Waals surface area contributed by atoms with E-state index in [1.165, 1.54) is 18.2 Å². The molecule has 1 fully saturated rings. The second kappa shape index (κ2) is 9.54. The van der Waals surface area contributed by atoms with Crippen molar-refractivity contribution < 1.29 is 33.0 Å². The first-order valence-electron chi connectivity index (χ1n) is 11.1. The van der Waals surface area contributed by atoms with Gasteiger partial charge >= 0.3 is 6.09 Å². The fourth-order valence-electron chi connectivity index (χ4n) is 3.98. The van der Waals surface area contributed by atoms with Crippen molar-refractivity contribution in [3.05, 3.63) is 24.0 Å². The van der Waals surface area contributed by atoms with Crippen molar-refractivity contribution in [2.24, 2.45) is 17.1 Å². The lowest BCUT2D eigenvalue weighted by Gasteiger charge is -2.41. The summed E-state index contributed by atoms with van der Waals surface area (Å²) in [5.74, 6) is -1.96. The molecule has 2 aliphatic rings. The molecule has 1 aromatic carbocycles. The van der Waals surface area contributed by atoms with Gasteiger partial charge in [-0.3, -0.25) is 9.59 Å². The van der Waals surface area contributed by atoms with Crippen LogP contribution in [0.3, 0.4) is 0 Å². The molecular formula is C23H32FN3O6. The lowest BCUT2D eigenvalue weighted by Crippen LogP contribution is -2.63. The van der Waals surface area contributed by atoms with E-state index in [4.69, 9.17) is 19.9 Å². The zero-order valence-electron chi connectivity index (χ0n) is 19.4. The molecule has 4 N–H and O–H groups in total. The number of amides is 3. The van der Waals surface area contributed by atoms with Gasteiger partial charge in [-0.05, 0) is 29.9 Å². The van der Waals surface area contributed by atoms with E-state index in [0.29, 0.717) is 0 Å². The predicted octanol–water partition coefficient (Wildman–Crippen LogP) is 2.73. The van der Waals surface area contributed by atoms with E-state index in [1.807, 2.05) is 27.7 Å². The van der Waals surface area contributed by atoms with Gasteiger partial charge in [0, 0.05) is 12.8 Å². The summed E-state index contributed by atoms with van der Waals surface area (Å²) in [6.07, 6.45) is -1.59. The topological polar surface area (TPSA) is 129 Å². The molecule has 182 valence electrons. The van der Waals surface area contributed by atoms with Crippen LogP contribution in [0.25, 0.3) is 0 Å². The Bertz CT molecular complexity index is 910. The Morgan fingerprint density at radius 3 is 2.61 bits per heavy atom. The largest absolute Gasteiger partial charge is 0.479 e. The highest BCUT2D eigenvalue weighted by Crippen LogP contribution is 2.40. The molecule has 0 aromatic heterocycles. The molecule has 3 atom stereocenters. The second-order valence-corrected chi connectivity index (χ2v) is 9.75. The number of para-hydroxylation sites is 1. The zero-order valence-corrected chi connectivity index (χ0v) is 19.4. The van der Waals surface area contributed by atoms with Crippen molar-refractivity contribution in [2.75, 3.05) is 18.5 Å². The minimum absolute atomic E-state index is 0.0119. The van der Waals surface area contributed by atoms with Gasteiger partial charge in [-0.25, -0.2) is 9.18 Å². The number of primary amides is 1. The van der Waals surface area contributed by atoms with Gasteiger partial charge in [-0.15, -0.1) is 0 Å². The van der Waals surface area contributed by atoms with Gasteiger partial charge in [0.25, 0.3) is 11.8 Å². The standard InChI is InChI=1S/C23H32FN3O6/c1-13(22(2,3)4)12-16(32-21(25)30)19(28)27-18-20(29)26-15-7-5-6-14(24)17(15)33-23(18)8-10-31-11-9-23/h5-7,13,16,18H,8-12H2,1-4H3,(H2,25,30)(H,26,29)(H,27,28)/t13?,16-,18-/m0/s1. The second-order valence-electron chi connectivity index (χ2n) is 9.75. The highest BCUT2D eigenvalue weighted by atomic mass is 19.1. The monoisotopic (exact) mass is 465 g/mol. The number of carbonyl (C=O) groups excluding carboxylic acids is 3. The summed E-state index contributed by atoms with van der Waals surface area (Å²) >= 11 is 0. The number of benzene rings is 1. The predicted molar refractivity (Wildman–Crippen MR) is 118 cm³/mol. The van der Waals surface area contributed by atoms with Gasteiger partial charge in [0.05, 0.1) is 18.9 Å². The number of fused-ring (bicyclic) bond motifs is 1. The molecule has 0 aliphatic carbocycles. The van der Waals surface area contributed by atoms with E-state index in [2.05, 4.69) is 10.6 Å². The number of nitrogens with one attached hydrogen (secondary N) is 2. The number of hydrogen-bond acceptors (Lipinski definition) is 6. The molecular weight excluding hydrogens is 433 g/mol. The van der Waals surface area contributed by atoms with Gasteiger partial charge in [0.1, 0.15) is 11.6 Å². The number of anilines is 1. The normalized spacial score (nSPS) is 21.6. The van der Waals surface area contributed by atoms with Gasteiger partial charge in [0.2, 0.25) is 0 Å². The third-order valence-electron chi connectivity index (χ3n) is 6.54. The first kappa shape index (κ1) is 24.8. The SMILES string of the molecule is CC(C[C@H](OC(N)=O)C(=O)N[C@H]1C(=O)Nc2cccc(F)c2OC12CCOCC2)C(C)(C)C. The third-order valence-corrected chi connectivity index (χ3v) is 6.54. The average Bonchev–Trinajstić information content (AvgIpc) is 2.83. The highest BCUT2D eigenvalue weighted by molar-refractivity contribution is 6.00. The molecule has 1 aromatic rings. The Hall–Kier alpha value is -2.88. The number of hydrogen-bond donors (Lipinski definition) is 3. The van der Waals surface area contributed by atoms with E-state index >= 15 is 0 Å². The van der Waals surface area contributed by atoms with Crippen LogP contribution in [0.2, 0.25) is 0 Å². The van der Waals surface area contributed by atoms with Crippen LogP contribution in [0.1, 0.15) is 47.0 Å². The van der Waals surface area contributed by atoms with Gasteiger partial charge < -0.3 is 30.6 Å². The first-order valence-corrected chi connectivity index (χ1v) is 11.1. The fourth-order valence-corrected chi connectivity index (χ4v) is 3.98. The summed E-state index contributed by atoms with van der Waals surface area (Å²) < 4.78 is 31.2. The lowest BCUT2D eigenvalue weighted by molar-refractivity contribution is -0.141. The van der Waals surface area contributed by atoms with E-state index in [9.17, 15) is 18.8 Å². The quantitative estimate of drug-likeness (QED) is 0.613. The highest BCUT2D eigenvalue weighted by Gasteiger charge is 2.50. The van der Waals surface area contributed by atoms with Crippen LogP contribution in [0.5, 0.6) is 5.75 Å². The lowest BCUT2D eigenvalue weighted by atomic mass is 9.78. The molecule has 0 radical (unpaired) electrons.